The Kier molecular flexibility index (Phi) is 3.16. The second-order valence-electron chi connectivity index (χ2n) is 3.97. The lowest BCUT2D eigenvalue weighted by Gasteiger charge is -2.19. The first-order valence-corrected chi connectivity index (χ1v) is 5.29. The average Bonchev–Trinajstić information content (AvgIpc) is 2.65. The van der Waals surface area contributed by atoms with Crippen molar-refractivity contribution in [3.63, 3.8) is 0 Å². The molecule has 0 aliphatic heterocycles. The molecular weight excluding hydrogens is 195 g/mol. The van der Waals surface area contributed by atoms with Crippen LogP contribution in [-0.2, 0) is 0 Å². The largest absolute Gasteiger partial charge is 0.396 e. The Morgan fingerprint density at radius 3 is 3.07 bits per heavy atom. The topological polar surface area (TPSA) is 45.1 Å². The Morgan fingerprint density at radius 1 is 1.47 bits per heavy atom. The lowest BCUT2D eigenvalue weighted by atomic mass is 10.1. The van der Waals surface area contributed by atoms with Crippen LogP contribution >= 0.6 is 0 Å². The fourth-order valence-electron chi connectivity index (χ4n) is 2.12. The van der Waals surface area contributed by atoms with Crippen molar-refractivity contribution in [3.8, 4) is 0 Å². The van der Waals surface area contributed by atoms with Gasteiger partial charge in [-0.05, 0) is 25.0 Å². The molecule has 82 valence electrons. The fourth-order valence-corrected chi connectivity index (χ4v) is 2.12. The Morgan fingerprint density at radius 2 is 2.33 bits per heavy atom. The lowest BCUT2D eigenvalue weighted by molar-refractivity contribution is 0.222. The summed E-state index contributed by atoms with van der Waals surface area (Å²) in [7, 11) is 0. The van der Waals surface area contributed by atoms with E-state index >= 15 is 0 Å². The van der Waals surface area contributed by atoms with Crippen LogP contribution in [-0.4, -0.2) is 22.7 Å². The van der Waals surface area contributed by atoms with Crippen LogP contribution in [0.2, 0.25) is 0 Å². The predicted molar refractivity (Wildman–Crippen MR) is 56.0 cm³/mol. The molecule has 2 atom stereocenters. The third kappa shape index (κ3) is 2.45. The molecular formula is C11H15FN2O. The van der Waals surface area contributed by atoms with Crippen molar-refractivity contribution in [2.45, 2.75) is 25.3 Å². The van der Waals surface area contributed by atoms with E-state index in [1.807, 2.05) is 0 Å². The van der Waals surface area contributed by atoms with Crippen LogP contribution in [0.5, 0.6) is 0 Å². The van der Waals surface area contributed by atoms with Gasteiger partial charge in [-0.1, -0.05) is 12.5 Å². The molecule has 1 saturated carbocycles. The van der Waals surface area contributed by atoms with Crippen molar-refractivity contribution in [2.24, 2.45) is 5.92 Å². The monoisotopic (exact) mass is 210 g/mol. The molecule has 0 amide bonds. The highest BCUT2D eigenvalue weighted by molar-refractivity contribution is 5.35. The van der Waals surface area contributed by atoms with Crippen LogP contribution in [0.4, 0.5) is 10.2 Å². The number of anilines is 1. The van der Waals surface area contributed by atoms with Gasteiger partial charge >= 0.3 is 0 Å². The Hall–Kier alpha value is -1.16. The van der Waals surface area contributed by atoms with Gasteiger partial charge in [0.1, 0.15) is 5.82 Å². The van der Waals surface area contributed by atoms with Crippen LogP contribution in [0.1, 0.15) is 19.3 Å². The summed E-state index contributed by atoms with van der Waals surface area (Å²) >= 11 is 0. The van der Waals surface area contributed by atoms with Gasteiger partial charge in [-0.25, -0.2) is 4.98 Å². The summed E-state index contributed by atoms with van der Waals surface area (Å²) in [6.45, 7) is 0.187. The van der Waals surface area contributed by atoms with Gasteiger partial charge in [0.15, 0.2) is 0 Å². The van der Waals surface area contributed by atoms with Gasteiger partial charge in [-0.15, -0.1) is 0 Å². The van der Waals surface area contributed by atoms with Crippen molar-refractivity contribution in [2.75, 3.05) is 11.9 Å². The van der Waals surface area contributed by atoms with Gasteiger partial charge in [-0.3, -0.25) is 0 Å². The number of aliphatic hydroxyl groups is 1. The average molecular weight is 210 g/mol. The van der Waals surface area contributed by atoms with E-state index in [1.165, 1.54) is 6.07 Å². The maximum Gasteiger partial charge on any atom is 0.214 e. The van der Waals surface area contributed by atoms with E-state index in [2.05, 4.69) is 10.3 Å². The fraction of sp³-hybridized carbons (Fsp3) is 0.545. The van der Waals surface area contributed by atoms with Gasteiger partial charge in [0.05, 0.1) is 0 Å². The van der Waals surface area contributed by atoms with E-state index in [9.17, 15) is 4.39 Å². The molecule has 0 radical (unpaired) electrons. The summed E-state index contributed by atoms with van der Waals surface area (Å²) in [6, 6.07) is 4.93. The number of nitrogens with one attached hydrogen (secondary N) is 1. The van der Waals surface area contributed by atoms with Crippen molar-refractivity contribution in [1.29, 1.82) is 0 Å². The highest BCUT2D eigenvalue weighted by Crippen LogP contribution is 2.27. The van der Waals surface area contributed by atoms with E-state index in [1.54, 1.807) is 12.1 Å². The van der Waals surface area contributed by atoms with Gasteiger partial charge < -0.3 is 10.4 Å². The quantitative estimate of drug-likeness (QED) is 0.748. The third-order valence-corrected chi connectivity index (χ3v) is 2.94. The van der Waals surface area contributed by atoms with Crippen molar-refractivity contribution in [3.05, 3.63) is 24.1 Å². The molecule has 1 aliphatic carbocycles. The number of rotatable bonds is 3. The molecule has 0 spiro atoms. The second-order valence-corrected chi connectivity index (χ2v) is 3.97. The summed E-state index contributed by atoms with van der Waals surface area (Å²) in [5.74, 6) is 0.356. The molecule has 2 N–H and O–H groups in total. The minimum atomic E-state index is -0.474. The van der Waals surface area contributed by atoms with Crippen LogP contribution in [0.15, 0.2) is 18.2 Å². The van der Waals surface area contributed by atoms with Gasteiger partial charge in [0, 0.05) is 18.6 Å². The molecule has 1 heterocycles. The molecule has 0 saturated heterocycles. The van der Waals surface area contributed by atoms with E-state index < -0.39 is 5.95 Å². The molecule has 1 fully saturated rings. The summed E-state index contributed by atoms with van der Waals surface area (Å²) in [4.78, 5) is 3.75. The van der Waals surface area contributed by atoms with Crippen LogP contribution in [0, 0.1) is 11.9 Å². The second kappa shape index (κ2) is 4.57. The summed E-state index contributed by atoms with van der Waals surface area (Å²) in [6.07, 6.45) is 3.16. The molecule has 0 aromatic carbocycles. The number of nitrogens with zero attached hydrogens (tertiary/aromatic N) is 1. The zero-order chi connectivity index (χ0) is 10.7. The molecule has 0 unspecified atom stereocenters. The third-order valence-electron chi connectivity index (χ3n) is 2.94. The first-order chi connectivity index (χ1) is 7.29. The van der Waals surface area contributed by atoms with Crippen LogP contribution in [0.25, 0.3) is 0 Å². The molecule has 1 aliphatic rings. The molecule has 1 aromatic heterocycles. The van der Waals surface area contributed by atoms with Crippen molar-refractivity contribution in [1.82, 2.24) is 4.98 Å². The van der Waals surface area contributed by atoms with Gasteiger partial charge in [-0.2, -0.15) is 4.39 Å². The maximum atomic E-state index is 12.8. The Bertz CT molecular complexity index is 332. The molecule has 3 nitrogen and oxygen atoms in total. The number of aromatic nitrogens is 1. The van der Waals surface area contributed by atoms with Crippen LogP contribution in [0.3, 0.4) is 0 Å². The Labute approximate surface area is 88.3 Å². The van der Waals surface area contributed by atoms with Crippen molar-refractivity contribution < 1.29 is 9.50 Å². The number of halogens is 1. The lowest BCUT2D eigenvalue weighted by Crippen LogP contribution is -2.26. The van der Waals surface area contributed by atoms with Gasteiger partial charge in [0.25, 0.3) is 0 Å². The maximum absolute atomic E-state index is 12.8. The number of pyridine rings is 1. The predicted octanol–water partition coefficient (Wildman–Crippen LogP) is 1.79. The molecule has 2 rings (SSSR count). The van der Waals surface area contributed by atoms with Gasteiger partial charge in [0.2, 0.25) is 5.95 Å². The normalized spacial score (nSPS) is 25.5. The zero-order valence-electron chi connectivity index (χ0n) is 8.49. The molecule has 4 heteroatoms. The number of aliphatic hydroxyl groups excluding tert-OH is 1. The first-order valence-electron chi connectivity index (χ1n) is 5.29. The standard InChI is InChI=1S/C11H15FN2O/c12-10-5-2-6-11(14-10)13-9-4-1-3-8(9)7-15/h2,5-6,8-9,15H,1,3-4,7H2,(H,13,14)/t8-,9-/m0/s1. The zero-order valence-corrected chi connectivity index (χ0v) is 8.49. The molecule has 0 bridgehead atoms. The smallest absolute Gasteiger partial charge is 0.214 e. The Balaban J connectivity index is 2.02. The highest BCUT2D eigenvalue weighted by Gasteiger charge is 2.26. The van der Waals surface area contributed by atoms with Crippen molar-refractivity contribution >= 4 is 5.82 Å². The van der Waals surface area contributed by atoms with E-state index in [0.717, 1.165) is 19.3 Å². The van der Waals surface area contributed by atoms with E-state index in [0.29, 0.717) is 5.82 Å². The SMILES string of the molecule is OC[C@@H]1CCC[C@@H]1Nc1cccc(F)n1. The highest BCUT2D eigenvalue weighted by atomic mass is 19.1. The van der Waals surface area contributed by atoms with Crippen LogP contribution < -0.4 is 5.32 Å². The molecule has 15 heavy (non-hydrogen) atoms. The summed E-state index contributed by atoms with van der Waals surface area (Å²) < 4.78 is 12.8. The summed E-state index contributed by atoms with van der Waals surface area (Å²) in [5, 5.41) is 12.3. The van der Waals surface area contributed by atoms with E-state index in [4.69, 9.17) is 5.11 Å². The number of hydrogen-bond acceptors (Lipinski definition) is 3. The minimum absolute atomic E-state index is 0.187. The first kappa shape index (κ1) is 10.4. The minimum Gasteiger partial charge on any atom is -0.396 e. The number of hydrogen-bond donors (Lipinski definition) is 2. The van der Waals surface area contributed by atoms with E-state index in [-0.39, 0.29) is 18.6 Å². The summed E-state index contributed by atoms with van der Waals surface area (Å²) in [5.41, 5.74) is 0. The molecule has 1 aromatic rings.